The minimum atomic E-state index is -3.34. The van der Waals surface area contributed by atoms with E-state index in [0.29, 0.717) is 0 Å². The van der Waals surface area contributed by atoms with Gasteiger partial charge in [-0.05, 0) is 51.2 Å². The van der Waals surface area contributed by atoms with Crippen LogP contribution in [0.4, 0.5) is 0 Å². The number of sulfonamides is 1. The molecule has 2 saturated heterocycles. The Kier molecular flexibility index (Phi) is 4.41. The zero-order valence-corrected chi connectivity index (χ0v) is 11.1. The largest absolute Gasteiger partial charge is 0.317 e. The second kappa shape index (κ2) is 5.65. The lowest BCUT2D eigenvalue weighted by molar-refractivity contribution is 0.202. The van der Waals surface area contributed by atoms with E-state index in [0.717, 1.165) is 44.9 Å². The molecule has 0 bridgehead atoms. The number of hydrogen-bond acceptors (Lipinski definition) is 4. The zero-order valence-electron chi connectivity index (χ0n) is 10.3. The quantitative estimate of drug-likeness (QED) is 0.731. The van der Waals surface area contributed by atoms with Gasteiger partial charge in [-0.3, -0.25) is 4.90 Å². The van der Waals surface area contributed by atoms with Crippen LogP contribution in [0.2, 0.25) is 0 Å². The highest BCUT2D eigenvalue weighted by Crippen LogP contribution is 2.22. The fraction of sp³-hybridized carbons (Fsp3) is 1.00. The van der Waals surface area contributed by atoms with Gasteiger partial charge in [0.1, 0.15) is 0 Å². The second-order valence-corrected chi connectivity index (χ2v) is 6.97. The normalized spacial score (nSPS) is 28.6. The Morgan fingerprint density at radius 1 is 1.24 bits per heavy atom. The summed E-state index contributed by atoms with van der Waals surface area (Å²) in [7, 11) is -3.34. The highest BCUT2D eigenvalue weighted by atomic mass is 32.2. The third-order valence-electron chi connectivity index (χ3n) is 3.88. The highest BCUT2D eigenvalue weighted by molar-refractivity contribution is 7.89. The predicted octanol–water partition coefficient (Wildman–Crippen LogP) is -0.261. The van der Waals surface area contributed by atoms with Crippen molar-refractivity contribution >= 4 is 10.0 Å². The Bertz CT molecular complexity index is 339. The van der Waals surface area contributed by atoms with Crippen molar-refractivity contribution in [3.63, 3.8) is 0 Å². The number of nitrogens with two attached hydrogens (primary N) is 1. The lowest BCUT2D eigenvalue weighted by atomic mass is 9.97. The SMILES string of the molecule is NS(=O)(=O)CC1CCCN1CC1CCNCC1. The van der Waals surface area contributed by atoms with Crippen LogP contribution in [-0.2, 0) is 10.0 Å². The first-order chi connectivity index (χ1) is 8.04. The Morgan fingerprint density at radius 2 is 1.94 bits per heavy atom. The average Bonchev–Trinajstić information content (AvgIpc) is 2.65. The molecule has 0 saturated carbocycles. The van der Waals surface area contributed by atoms with Gasteiger partial charge >= 0.3 is 0 Å². The fourth-order valence-electron chi connectivity index (χ4n) is 2.99. The van der Waals surface area contributed by atoms with Crippen LogP contribution < -0.4 is 10.5 Å². The minimum absolute atomic E-state index is 0.123. The number of hydrogen-bond donors (Lipinski definition) is 2. The maximum absolute atomic E-state index is 11.2. The average molecular weight is 261 g/mol. The third kappa shape index (κ3) is 4.21. The van der Waals surface area contributed by atoms with Gasteiger partial charge in [0, 0.05) is 12.6 Å². The van der Waals surface area contributed by atoms with Crippen molar-refractivity contribution in [1.29, 1.82) is 0 Å². The first-order valence-corrected chi connectivity index (χ1v) is 8.21. The van der Waals surface area contributed by atoms with Gasteiger partial charge in [-0.15, -0.1) is 0 Å². The number of likely N-dealkylation sites (tertiary alicyclic amines) is 1. The van der Waals surface area contributed by atoms with Gasteiger partial charge in [-0.25, -0.2) is 13.6 Å². The Morgan fingerprint density at radius 3 is 2.59 bits per heavy atom. The summed E-state index contributed by atoms with van der Waals surface area (Å²) in [5.74, 6) is 0.843. The molecule has 17 heavy (non-hydrogen) atoms. The molecular weight excluding hydrogens is 238 g/mol. The third-order valence-corrected chi connectivity index (χ3v) is 4.72. The maximum Gasteiger partial charge on any atom is 0.210 e. The highest BCUT2D eigenvalue weighted by Gasteiger charge is 2.29. The van der Waals surface area contributed by atoms with Crippen molar-refractivity contribution in [3.8, 4) is 0 Å². The predicted molar refractivity (Wildman–Crippen MR) is 68.2 cm³/mol. The molecule has 2 aliphatic rings. The molecule has 0 aromatic heterocycles. The molecule has 0 aliphatic carbocycles. The summed E-state index contributed by atoms with van der Waals surface area (Å²) in [6.07, 6.45) is 4.49. The number of piperidine rings is 1. The van der Waals surface area contributed by atoms with Crippen molar-refractivity contribution < 1.29 is 8.42 Å². The molecule has 2 heterocycles. The van der Waals surface area contributed by atoms with Crippen LogP contribution in [0.25, 0.3) is 0 Å². The van der Waals surface area contributed by atoms with Crippen molar-refractivity contribution in [2.75, 3.05) is 31.9 Å². The Balaban J connectivity index is 1.86. The molecule has 0 amide bonds. The van der Waals surface area contributed by atoms with Crippen LogP contribution >= 0.6 is 0 Å². The van der Waals surface area contributed by atoms with Gasteiger partial charge in [0.2, 0.25) is 10.0 Å². The van der Waals surface area contributed by atoms with Gasteiger partial charge < -0.3 is 5.32 Å². The molecule has 6 heteroatoms. The lowest BCUT2D eigenvalue weighted by Crippen LogP contribution is -2.42. The van der Waals surface area contributed by atoms with Crippen molar-refractivity contribution in [2.24, 2.45) is 11.1 Å². The van der Waals surface area contributed by atoms with Gasteiger partial charge in [-0.2, -0.15) is 0 Å². The molecular formula is C11H23N3O2S. The number of nitrogens with zero attached hydrogens (tertiary/aromatic N) is 1. The Hall–Kier alpha value is -0.170. The van der Waals surface area contributed by atoms with E-state index in [2.05, 4.69) is 10.2 Å². The summed E-state index contributed by atoms with van der Waals surface area (Å²) < 4.78 is 22.3. The number of rotatable bonds is 4. The van der Waals surface area contributed by atoms with E-state index >= 15 is 0 Å². The number of nitrogens with one attached hydrogen (secondary N) is 1. The van der Waals surface area contributed by atoms with Crippen LogP contribution in [0.15, 0.2) is 0 Å². The van der Waals surface area contributed by atoms with Gasteiger partial charge in [-0.1, -0.05) is 0 Å². The first kappa shape index (κ1) is 13.3. The van der Waals surface area contributed by atoms with Crippen molar-refractivity contribution in [2.45, 2.75) is 31.7 Å². The van der Waals surface area contributed by atoms with E-state index < -0.39 is 10.0 Å². The summed E-state index contributed by atoms with van der Waals surface area (Å²) in [6.45, 7) is 4.27. The standard InChI is InChI=1S/C11H23N3O2S/c12-17(15,16)9-11-2-1-7-14(11)8-10-3-5-13-6-4-10/h10-11,13H,1-9H2,(H2,12,15,16). The number of primary sulfonamides is 1. The van der Waals surface area contributed by atoms with Crippen molar-refractivity contribution in [3.05, 3.63) is 0 Å². The summed E-state index contributed by atoms with van der Waals surface area (Å²) in [6, 6.07) is 0.153. The van der Waals surface area contributed by atoms with Gasteiger partial charge in [0.05, 0.1) is 5.75 Å². The van der Waals surface area contributed by atoms with Crippen LogP contribution in [0.5, 0.6) is 0 Å². The lowest BCUT2D eigenvalue weighted by Gasteiger charge is -2.30. The van der Waals surface area contributed by atoms with Gasteiger partial charge in [0.25, 0.3) is 0 Å². The zero-order chi connectivity index (χ0) is 12.3. The molecule has 2 fully saturated rings. The topological polar surface area (TPSA) is 75.4 Å². The van der Waals surface area contributed by atoms with Crippen LogP contribution in [0.1, 0.15) is 25.7 Å². The van der Waals surface area contributed by atoms with E-state index in [1.807, 2.05) is 0 Å². The van der Waals surface area contributed by atoms with E-state index in [9.17, 15) is 8.42 Å². The van der Waals surface area contributed by atoms with Crippen LogP contribution in [-0.4, -0.2) is 51.3 Å². The molecule has 0 radical (unpaired) electrons. The molecule has 0 aromatic rings. The molecule has 2 rings (SSSR count). The summed E-state index contributed by atoms with van der Waals surface area (Å²) in [5.41, 5.74) is 0. The molecule has 1 atom stereocenters. The molecule has 100 valence electrons. The Labute approximate surface area is 104 Å². The van der Waals surface area contributed by atoms with Crippen LogP contribution in [0.3, 0.4) is 0 Å². The summed E-state index contributed by atoms with van der Waals surface area (Å²) >= 11 is 0. The molecule has 0 spiro atoms. The smallest absolute Gasteiger partial charge is 0.210 e. The monoisotopic (exact) mass is 261 g/mol. The van der Waals surface area contributed by atoms with E-state index in [4.69, 9.17) is 5.14 Å². The van der Waals surface area contributed by atoms with E-state index in [1.54, 1.807) is 0 Å². The molecule has 0 aromatic carbocycles. The summed E-state index contributed by atoms with van der Waals surface area (Å²) in [5, 5.41) is 8.50. The molecule has 2 aliphatic heterocycles. The van der Waals surface area contributed by atoms with Crippen molar-refractivity contribution in [1.82, 2.24) is 10.2 Å². The first-order valence-electron chi connectivity index (χ1n) is 6.50. The van der Waals surface area contributed by atoms with E-state index in [1.165, 1.54) is 12.8 Å². The van der Waals surface area contributed by atoms with Gasteiger partial charge in [0.15, 0.2) is 0 Å². The summed E-state index contributed by atoms with van der Waals surface area (Å²) in [4.78, 5) is 2.33. The molecule has 1 unspecified atom stereocenters. The molecule has 3 N–H and O–H groups in total. The second-order valence-electron chi connectivity index (χ2n) is 5.31. The maximum atomic E-state index is 11.2. The van der Waals surface area contributed by atoms with Crippen LogP contribution in [0, 0.1) is 5.92 Å². The molecule has 5 nitrogen and oxygen atoms in total. The minimum Gasteiger partial charge on any atom is -0.317 e. The fourth-order valence-corrected chi connectivity index (χ4v) is 3.90. The van der Waals surface area contributed by atoms with E-state index in [-0.39, 0.29) is 11.8 Å².